The van der Waals surface area contributed by atoms with Crippen molar-refractivity contribution >= 4 is 17.8 Å². The molecule has 1 aromatic rings. The zero-order valence-corrected chi connectivity index (χ0v) is 11.5. The van der Waals surface area contributed by atoms with E-state index in [0.717, 1.165) is 37.4 Å². The molecule has 0 atom stereocenters. The molecule has 1 fully saturated rings. The van der Waals surface area contributed by atoms with E-state index in [1.807, 2.05) is 30.5 Å². The molecule has 0 unspecified atom stereocenters. The van der Waals surface area contributed by atoms with Crippen molar-refractivity contribution < 1.29 is 9.69 Å². The Labute approximate surface area is 113 Å². The van der Waals surface area contributed by atoms with Crippen LogP contribution in [0.1, 0.15) is 12.5 Å². The van der Waals surface area contributed by atoms with Crippen molar-refractivity contribution in [3.05, 3.63) is 29.8 Å². The van der Waals surface area contributed by atoms with Gasteiger partial charge in [-0.15, -0.1) is 0 Å². The van der Waals surface area contributed by atoms with Crippen LogP contribution in [0, 0.1) is 0 Å². The van der Waals surface area contributed by atoms with E-state index < -0.39 is 0 Å². The third-order valence-corrected chi connectivity index (χ3v) is 3.19. The molecule has 0 bridgehead atoms. The molecule has 0 radical (unpaired) electrons. The number of quaternary nitrogens is 1. The topological polar surface area (TPSA) is 49.1 Å². The fourth-order valence-corrected chi connectivity index (χ4v) is 2.00. The highest BCUT2D eigenvalue weighted by molar-refractivity contribution is 5.89. The monoisotopic (exact) mass is 261 g/mol. The van der Waals surface area contributed by atoms with Crippen molar-refractivity contribution in [1.29, 1.82) is 0 Å². The maximum atomic E-state index is 10.9. The predicted octanol–water partition coefficient (Wildman–Crippen LogP) is -0.191. The van der Waals surface area contributed by atoms with Crippen LogP contribution in [0.4, 0.5) is 5.69 Å². The van der Waals surface area contributed by atoms with Crippen LogP contribution in [0.5, 0.6) is 0 Å². The van der Waals surface area contributed by atoms with Gasteiger partial charge in [-0.05, 0) is 17.7 Å². The lowest BCUT2D eigenvalue weighted by Crippen LogP contribution is -3.11. The van der Waals surface area contributed by atoms with Crippen molar-refractivity contribution in [2.45, 2.75) is 6.92 Å². The van der Waals surface area contributed by atoms with Crippen LogP contribution >= 0.6 is 0 Å². The maximum absolute atomic E-state index is 10.9. The van der Waals surface area contributed by atoms with Crippen LogP contribution in [0.25, 0.3) is 0 Å². The van der Waals surface area contributed by atoms with E-state index >= 15 is 0 Å². The molecule has 1 saturated heterocycles. The summed E-state index contributed by atoms with van der Waals surface area (Å²) >= 11 is 0. The first kappa shape index (κ1) is 13.5. The third-order valence-electron chi connectivity index (χ3n) is 3.19. The van der Waals surface area contributed by atoms with Crippen LogP contribution in [0.15, 0.2) is 29.4 Å². The van der Waals surface area contributed by atoms with E-state index in [4.69, 9.17) is 0 Å². The number of rotatable bonds is 3. The van der Waals surface area contributed by atoms with Crippen molar-refractivity contribution in [3.63, 3.8) is 0 Å². The first-order valence-electron chi connectivity index (χ1n) is 6.61. The molecule has 1 heterocycles. The number of amides is 1. The van der Waals surface area contributed by atoms with Gasteiger partial charge in [0.25, 0.3) is 0 Å². The van der Waals surface area contributed by atoms with Gasteiger partial charge in [0.05, 0.1) is 39.4 Å². The largest absolute Gasteiger partial charge is 0.334 e. The van der Waals surface area contributed by atoms with Crippen LogP contribution in [-0.2, 0) is 4.79 Å². The Kier molecular flexibility index (Phi) is 4.52. The summed E-state index contributed by atoms with van der Waals surface area (Å²) in [5.74, 6) is -0.0543. The summed E-state index contributed by atoms with van der Waals surface area (Å²) in [6.07, 6.45) is 1.87. The molecule has 2 rings (SSSR count). The molecular weight excluding hydrogens is 240 g/mol. The van der Waals surface area contributed by atoms with Gasteiger partial charge >= 0.3 is 0 Å². The predicted molar refractivity (Wildman–Crippen MR) is 76.5 cm³/mol. The molecule has 5 nitrogen and oxygen atoms in total. The third kappa shape index (κ3) is 4.37. The van der Waals surface area contributed by atoms with Gasteiger partial charge in [-0.2, -0.15) is 5.10 Å². The van der Waals surface area contributed by atoms with Crippen molar-refractivity contribution in [1.82, 2.24) is 5.01 Å². The highest BCUT2D eigenvalue weighted by Gasteiger charge is 2.13. The normalized spacial score (nSPS) is 16.8. The van der Waals surface area contributed by atoms with Crippen molar-refractivity contribution in [2.24, 2.45) is 5.10 Å². The SMILES string of the molecule is CC(=O)Nc1ccc(/C=N\N2CC[NH+](C)CC2)cc1. The molecule has 102 valence electrons. The second kappa shape index (κ2) is 6.33. The molecule has 1 aliphatic rings. The van der Waals surface area contributed by atoms with E-state index in [-0.39, 0.29) is 5.91 Å². The minimum absolute atomic E-state index is 0.0543. The lowest BCUT2D eigenvalue weighted by Gasteiger charge is -2.27. The van der Waals surface area contributed by atoms with E-state index in [0.29, 0.717) is 0 Å². The standard InChI is InChI=1S/C14H20N4O/c1-12(19)16-14-5-3-13(4-6-14)11-15-18-9-7-17(2)8-10-18/h3-6,11H,7-10H2,1-2H3,(H,16,19)/p+1/b15-11-. The van der Waals surface area contributed by atoms with Gasteiger partial charge in [0, 0.05) is 12.6 Å². The zero-order chi connectivity index (χ0) is 13.7. The van der Waals surface area contributed by atoms with Crippen LogP contribution < -0.4 is 10.2 Å². The first-order valence-corrected chi connectivity index (χ1v) is 6.61. The number of benzene rings is 1. The quantitative estimate of drug-likeness (QED) is 0.741. The lowest BCUT2D eigenvalue weighted by atomic mass is 10.2. The summed E-state index contributed by atoms with van der Waals surface area (Å²) in [6, 6.07) is 7.68. The minimum atomic E-state index is -0.0543. The molecule has 0 spiro atoms. The van der Waals surface area contributed by atoms with Gasteiger partial charge < -0.3 is 10.2 Å². The summed E-state index contributed by atoms with van der Waals surface area (Å²) in [5.41, 5.74) is 1.85. The Bertz CT molecular complexity index is 447. The molecule has 5 heteroatoms. The van der Waals surface area contributed by atoms with Gasteiger partial charge in [-0.1, -0.05) is 12.1 Å². The number of anilines is 1. The molecule has 1 aliphatic heterocycles. The number of nitrogens with one attached hydrogen (secondary N) is 2. The lowest BCUT2D eigenvalue weighted by molar-refractivity contribution is -0.884. The Morgan fingerprint density at radius 1 is 1.32 bits per heavy atom. The summed E-state index contributed by atoms with van der Waals surface area (Å²) in [7, 11) is 2.21. The van der Waals surface area contributed by atoms with Crippen LogP contribution in [0.2, 0.25) is 0 Å². The van der Waals surface area contributed by atoms with E-state index in [1.54, 1.807) is 4.90 Å². The average molecular weight is 261 g/mol. The molecule has 0 aromatic heterocycles. The fraction of sp³-hybridized carbons (Fsp3) is 0.429. The number of likely N-dealkylation sites (N-methyl/N-ethyl adjacent to an activating group) is 1. The molecule has 2 N–H and O–H groups in total. The van der Waals surface area contributed by atoms with Crippen molar-refractivity contribution in [2.75, 3.05) is 38.5 Å². The molecule has 0 aliphatic carbocycles. The molecule has 1 amide bonds. The highest BCUT2D eigenvalue weighted by Crippen LogP contribution is 2.08. The van der Waals surface area contributed by atoms with Gasteiger partial charge in [0.1, 0.15) is 0 Å². The number of hydrogen-bond donors (Lipinski definition) is 2. The summed E-state index contributed by atoms with van der Waals surface area (Å²) < 4.78 is 0. The van der Waals surface area contributed by atoms with Gasteiger partial charge in [0.15, 0.2) is 0 Å². The number of hydrogen-bond acceptors (Lipinski definition) is 3. The van der Waals surface area contributed by atoms with Gasteiger partial charge in [-0.25, -0.2) is 0 Å². The molecular formula is C14H21N4O+. The molecule has 1 aromatic carbocycles. The number of carbonyl (C=O) groups excluding carboxylic acids is 1. The second-order valence-corrected chi connectivity index (χ2v) is 4.96. The van der Waals surface area contributed by atoms with Crippen molar-refractivity contribution in [3.8, 4) is 0 Å². The Morgan fingerprint density at radius 3 is 2.53 bits per heavy atom. The Balaban J connectivity index is 1.90. The highest BCUT2D eigenvalue weighted by atomic mass is 16.1. The number of hydrazone groups is 1. The Morgan fingerprint density at radius 2 is 1.95 bits per heavy atom. The second-order valence-electron chi connectivity index (χ2n) is 4.96. The van der Waals surface area contributed by atoms with Crippen LogP contribution in [0.3, 0.4) is 0 Å². The summed E-state index contributed by atoms with van der Waals surface area (Å²) in [6.45, 7) is 5.79. The zero-order valence-electron chi connectivity index (χ0n) is 11.5. The molecule has 0 saturated carbocycles. The smallest absolute Gasteiger partial charge is 0.221 e. The van der Waals surface area contributed by atoms with E-state index in [9.17, 15) is 4.79 Å². The van der Waals surface area contributed by atoms with Gasteiger partial charge in [-0.3, -0.25) is 9.80 Å². The Hall–Kier alpha value is -1.88. The summed E-state index contributed by atoms with van der Waals surface area (Å²) in [5, 5.41) is 9.34. The summed E-state index contributed by atoms with van der Waals surface area (Å²) in [4.78, 5) is 12.5. The number of piperazine rings is 1. The minimum Gasteiger partial charge on any atom is -0.334 e. The average Bonchev–Trinajstić information content (AvgIpc) is 2.39. The van der Waals surface area contributed by atoms with E-state index in [1.165, 1.54) is 6.92 Å². The fourth-order valence-electron chi connectivity index (χ4n) is 2.00. The number of carbonyl (C=O) groups is 1. The van der Waals surface area contributed by atoms with E-state index in [2.05, 4.69) is 22.5 Å². The van der Waals surface area contributed by atoms with Crippen LogP contribution in [-0.4, -0.2) is 50.4 Å². The maximum Gasteiger partial charge on any atom is 0.221 e. The first-order chi connectivity index (χ1) is 9.13. The number of nitrogens with zero attached hydrogens (tertiary/aromatic N) is 2. The van der Waals surface area contributed by atoms with Gasteiger partial charge in [0.2, 0.25) is 5.91 Å². The molecule has 19 heavy (non-hydrogen) atoms.